The molecule has 0 radical (unpaired) electrons. The highest BCUT2D eigenvalue weighted by Crippen LogP contribution is 2.32. The molecule has 0 spiro atoms. The number of ether oxygens (including phenoxy) is 1. The molecule has 1 N–H and O–H groups in total. The smallest absolute Gasteiger partial charge is 0.247 e. The zero-order valence-corrected chi connectivity index (χ0v) is 19.7. The van der Waals surface area contributed by atoms with Crippen molar-refractivity contribution in [3.05, 3.63) is 65.6 Å². The maximum absolute atomic E-state index is 5.97. The molecule has 5 aromatic rings. The molecule has 1 aliphatic rings. The molecule has 10 heteroatoms. The number of halogens is 1. The van der Waals surface area contributed by atoms with Crippen molar-refractivity contribution >= 4 is 34.3 Å². The van der Waals surface area contributed by atoms with Crippen LogP contribution < -0.4 is 0 Å². The van der Waals surface area contributed by atoms with E-state index in [0.29, 0.717) is 29.1 Å². The lowest BCUT2D eigenvalue weighted by Gasteiger charge is -2.14. The summed E-state index contributed by atoms with van der Waals surface area (Å²) < 4.78 is 13.9. The Bertz CT molecular complexity index is 1420. The van der Waals surface area contributed by atoms with E-state index in [1.165, 1.54) is 11.8 Å². The third-order valence-electron chi connectivity index (χ3n) is 5.84. The van der Waals surface area contributed by atoms with Crippen LogP contribution in [0.1, 0.15) is 18.7 Å². The highest BCUT2D eigenvalue weighted by Gasteiger charge is 2.23. The first-order valence-electron chi connectivity index (χ1n) is 11.1. The Balaban J connectivity index is 1.27. The number of aromatic amines is 1. The number of nitrogens with zero attached hydrogens (tertiary/aromatic N) is 5. The van der Waals surface area contributed by atoms with Crippen LogP contribution in [0.2, 0.25) is 5.02 Å². The van der Waals surface area contributed by atoms with Crippen LogP contribution in [-0.2, 0) is 17.0 Å². The van der Waals surface area contributed by atoms with Gasteiger partial charge in [0.2, 0.25) is 11.8 Å². The second-order valence-electron chi connectivity index (χ2n) is 8.10. The van der Waals surface area contributed by atoms with Gasteiger partial charge in [-0.2, -0.15) is 0 Å². The average molecular weight is 493 g/mol. The normalized spacial score (nSPS) is 16.0. The molecule has 0 aliphatic carbocycles. The van der Waals surface area contributed by atoms with Crippen LogP contribution in [0.3, 0.4) is 0 Å². The van der Waals surface area contributed by atoms with Gasteiger partial charge in [-0.1, -0.05) is 41.6 Å². The largest absolute Gasteiger partial charge is 0.420 e. The molecule has 1 saturated heterocycles. The van der Waals surface area contributed by atoms with E-state index in [-0.39, 0.29) is 6.10 Å². The molecule has 2 aromatic carbocycles. The second-order valence-corrected chi connectivity index (χ2v) is 9.48. The van der Waals surface area contributed by atoms with Gasteiger partial charge in [-0.05, 0) is 43.2 Å². The minimum absolute atomic E-state index is 0.152. The van der Waals surface area contributed by atoms with Gasteiger partial charge in [0.05, 0.1) is 18.4 Å². The monoisotopic (exact) mass is 492 g/mol. The molecular weight excluding hydrogens is 472 g/mol. The van der Waals surface area contributed by atoms with E-state index >= 15 is 0 Å². The Hall–Kier alpha value is -3.14. The number of para-hydroxylation sites is 1. The third-order valence-corrected chi connectivity index (χ3v) is 7.04. The Labute approximate surface area is 204 Å². The van der Waals surface area contributed by atoms with Crippen LogP contribution in [0.25, 0.3) is 33.7 Å². The second kappa shape index (κ2) is 9.25. The maximum Gasteiger partial charge on any atom is 0.247 e. The summed E-state index contributed by atoms with van der Waals surface area (Å²) in [4.78, 5) is 3.34. The van der Waals surface area contributed by atoms with Gasteiger partial charge in [0, 0.05) is 39.9 Å². The van der Waals surface area contributed by atoms with Gasteiger partial charge in [0.15, 0.2) is 11.0 Å². The van der Waals surface area contributed by atoms with Crippen molar-refractivity contribution in [3.63, 3.8) is 0 Å². The van der Waals surface area contributed by atoms with Crippen molar-refractivity contribution in [1.29, 1.82) is 0 Å². The van der Waals surface area contributed by atoms with Gasteiger partial charge in [0.25, 0.3) is 0 Å². The van der Waals surface area contributed by atoms with Gasteiger partial charge in [-0.3, -0.25) is 4.57 Å². The van der Waals surface area contributed by atoms with Crippen molar-refractivity contribution in [2.45, 2.75) is 36.4 Å². The summed E-state index contributed by atoms with van der Waals surface area (Å²) in [7, 11) is 0. The van der Waals surface area contributed by atoms with E-state index in [1.54, 1.807) is 12.1 Å². The summed E-state index contributed by atoms with van der Waals surface area (Å²) in [6.45, 7) is 1.50. The lowest BCUT2D eigenvalue weighted by molar-refractivity contribution is 0.0953. The van der Waals surface area contributed by atoms with Gasteiger partial charge in [-0.25, -0.2) is 0 Å². The molecule has 8 nitrogen and oxygen atoms in total. The van der Waals surface area contributed by atoms with Crippen molar-refractivity contribution in [2.75, 3.05) is 6.61 Å². The summed E-state index contributed by atoms with van der Waals surface area (Å²) in [6.07, 6.45) is 4.25. The number of nitrogens with one attached hydrogen (secondary N) is 1. The van der Waals surface area contributed by atoms with Crippen molar-refractivity contribution < 1.29 is 9.15 Å². The molecule has 1 fully saturated rings. The predicted octanol–water partition coefficient (Wildman–Crippen LogP) is 5.60. The first-order chi connectivity index (χ1) is 16.7. The van der Waals surface area contributed by atoms with Crippen molar-refractivity contribution in [1.82, 2.24) is 29.9 Å². The standard InChI is InChI=1S/C24H21ClN6O2S/c25-16-9-7-15(8-10-16)23-29-27-21(33-23)14-34-24-30-28-22(31(24)13-17-4-3-11-32-17)19-12-26-20-6-2-1-5-18(19)20/h1-2,5-10,12,17,26H,3-4,11,13-14H2. The molecule has 0 bridgehead atoms. The molecule has 6 rings (SSSR count). The Morgan fingerprint density at radius 3 is 2.79 bits per heavy atom. The summed E-state index contributed by atoms with van der Waals surface area (Å²) in [6, 6.07) is 15.5. The first kappa shape index (κ1) is 21.4. The van der Waals surface area contributed by atoms with Crippen molar-refractivity contribution in [2.24, 2.45) is 0 Å². The van der Waals surface area contributed by atoms with E-state index in [0.717, 1.165) is 52.5 Å². The number of benzene rings is 2. The van der Waals surface area contributed by atoms with E-state index in [9.17, 15) is 0 Å². The number of aromatic nitrogens is 6. The van der Waals surface area contributed by atoms with Gasteiger partial charge in [-0.15, -0.1) is 20.4 Å². The van der Waals surface area contributed by atoms with E-state index in [4.69, 9.17) is 20.8 Å². The highest BCUT2D eigenvalue weighted by atomic mass is 35.5. The van der Waals surface area contributed by atoms with Crippen LogP contribution >= 0.6 is 23.4 Å². The number of H-pyrrole nitrogens is 1. The fourth-order valence-corrected chi connectivity index (χ4v) is 5.07. The first-order valence-corrected chi connectivity index (χ1v) is 12.4. The molecule has 3 aromatic heterocycles. The van der Waals surface area contributed by atoms with Crippen LogP contribution in [-0.4, -0.2) is 42.7 Å². The molecule has 1 unspecified atom stereocenters. The zero-order chi connectivity index (χ0) is 22.9. The summed E-state index contributed by atoms with van der Waals surface area (Å²) in [5, 5.41) is 20.0. The number of rotatable bonds is 7. The molecule has 34 heavy (non-hydrogen) atoms. The minimum Gasteiger partial charge on any atom is -0.420 e. The summed E-state index contributed by atoms with van der Waals surface area (Å²) >= 11 is 7.50. The zero-order valence-electron chi connectivity index (χ0n) is 18.1. The molecule has 0 amide bonds. The molecule has 1 aliphatic heterocycles. The molecular formula is C24H21ClN6O2S. The number of hydrogen-bond donors (Lipinski definition) is 1. The quantitative estimate of drug-likeness (QED) is 0.295. The predicted molar refractivity (Wildman–Crippen MR) is 131 cm³/mol. The van der Waals surface area contributed by atoms with E-state index < -0.39 is 0 Å². The molecule has 0 saturated carbocycles. The SMILES string of the molecule is Clc1ccc(-c2nnc(CSc3nnc(-c4c[nH]c5ccccc45)n3CC3CCCO3)o2)cc1. The molecule has 4 heterocycles. The van der Waals surface area contributed by atoms with Crippen LogP contribution in [0.4, 0.5) is 0 Å². The van der Waals surface area contributed by atoms with E-state index in [1.807, 2.05) is 30.5 Å². The Kier molecular flexibility index (Phi) is 5.82. The number of hydrogen-bond acceptors (Lipinski definition) is 7. The fraction of sp³-hybridized carbons (Fsp3) is 0.250. The van der Waals surface area contributed by atoms with Crippen molar-refractivity contribution in [3.8, 4) is 22.8 Å². The summed E-state index contributed by atoms with van der Waals surface area (Å²) in [5.41, 5.74) is 2.92. The maximum atomic E-state index is 5.97. The van der Waals surface area contributed by atoms with Crippen LogP contribution in [0, 0.1) is 0 Å². The fourth-order valence-electron chi connectivity index (χ4n) is 4.16. The topological polar surface area (TPSA) is 94.7 Å². The highest BCUT2D eigenvalue weighted by molar-refractivity contribution is 7.98. The Morgan fingerprint density at radius 1 is 1.06 bits per heavy atom. The molecule has 172 valence electrons. The van der Waals surface area contributed by atoms with Crippen LogP contribution in [0.5, 0.6) is 0 Å². The number of thioether (sulfide) groups is 1. The lowest BCUT2D eigenvalue weighted by Crippen LogP contribution is -2.16. The van der Waals surface area contributed by atoms with Crippen LogP contribution in [0.15, 0.2) is 64.3 Å². The summed E-state index contributed by atoms with van der Waals surface area (Å²) in [5.74, 6) is 2.30. The van der Waals surface area contributed by atoms with Gasteiger partial charge < -0.3 is 14.1 Å². The number of fused-ring (bicyclic) bond motifs is 1. The average Bonchev–Trinajstić information content (AvgIpc) is 3.66. The Morgan fingerprint density at radius 2 is 1.94 bits per heavy atom. The van der Waals surface area contributed by atoms with E-state index in [2.05, 4.69) is 42.1 Å². The third kappa shape index (κ3) is 4.22. The minimum atomic E-state index is 0.152. The molecule has 1 atom stereocenters. The van der Waals surface area contributed by atoms with Gasteiger partial charge >= 0.3 is 0 Å². The van der Waals surface area contributed by atoms with Gasteiger partial charge in [0.1, 0.15) is 0 Å². The lowest BCUT2D eigenvalue weighted by atomic mass is 10.1.